The molecule has 0 heterocycles. The van der Waals surface area contributed by atoms with E-state index in [4.69, 9.17) is 9.47 Å². The number of rotatable bonds is 6. The van der Waals surface area contributed by atoms with E-state index in [1.54, 1.807) is 24.3 Å². The Labute approximate surface area is 136 Å². The summed E-state index contributed by atoms with van der Waals surface area (Å²) in [7, 11) is 0. The van der Waals surface area contributed by atoms with Gasteiger partial charge in [0, 0.05) is 0 Å². The summed E-state index contributed by atoms with van der Waals surface area (Å²) in [6.45, 7) is 4.28. The molecule has 2 aromatic rings. The molecule has 0 radical (unpaired) electrons. The lowest BCUT2D eigenvalue weighted by Crippen LogP contribution is -2.12. The van der Waals surface area contributed by atoms with Gasteiger partial charge in [0.2, 0.25) is 0 Å². The summed E-state index contributed by atoms with van der Waals surface area (Å²) < 4.78 is 10.5. The molecule has 0 spiro atoms. The van der Waals surface area contributed by atoms with Gasteiger partial charge in [-0.25, -0.2) is 9.59 Å². The molecule has 0 aliphatic carbocycles. The Morgan fingerprint density at radius 3 is 2.30 bits per heavy atom. The number of hydrogen-bond donors (Lipinski definition) is 0. The van der Waals surface area contributed by atoms with Gasteiger partial charge in [0.1, 0.15) is 5.75 Å². The second-order valence-corrected chi connectivity index (χ2v) is 5.07. The van der Waals surface area contributed by atoms with Crippen LogP contribution in [-0.4, -0.2) is 18.5 Å². The molecule has 4 heteroatoms. The Balaban J connectivity index is 2.15. The number of hydrogen-bond acceptors (Lipinski definition) is 4. The first-order valence-corrected chi connectivity index (χ1v) is 7.73. The predicted molar refractivity (Wildman–Crippen MR) is 87.8 cm³/mol. The van der Waals surface area contributed by atoms with Crippen molar-refractivity contribution in [1.82, 2.24) is 0 Å². The fraction of sp³-hybridized carbons (Fsp3) is 0.263. The minimum absolute atomic E-state index is 0.321. The minimum atomic E-state index is -0.490. The lowest BCUT2D eigenvalue weighted by molar-refractivity contribution is 0.0505. The second-order valence-electron chi connectivity index (χ2n) is 5.07. The molecule has 0 aromatic heterocycles. The molecule has 0 fully saturated rings. The van der Waals surface area contributed by atoms with Crippen molar-refractivity contribution in [2.45, 2.75) is 26.7 Å². The van der Waals surface area contributed by atoms with Crippen molar-refractivity contribution < 1.29 is 19.1 Å². The van der Waals surface area contributed by atoms with Gasteiger partial charge in [-0.05, 0) is 42.7 Å². The van der Waals surface area contributed by atoms with Crippen LogP contribution in [0.5, 0.6) is 5.75 Å². The molecule has 0 saturated carbocycles. The zero-order valence-corrected chi connectivity index (χ0v) is 13.4. The first kappa shape index (κ1) is 16.7. The third-order valence-corrected chi connectivity index (χ3v) is 3.33. The molecule has 2 rings (SSSR count). The molecule has 0 bridgehead atoms. The summed E-state index contributed by atoms with van der Waals surface area (Å²) in [6.07, 6.45) is 1.52. The van der Waals surface area contributed by atoms with Crippen LogP contribution in [-0.2, 0) is 11.2 Å². The van der Waals surface area contributed by atoms with E-state index >= 15 is 0 Å². The monoisotopic (exact) mass is 312 g/mol. The van der Waals surface area contributed by atoms with Gasteiger partial charge in [-0.2, -0.15) is 0 Å². The van der Waals surface area contributed by atoms with Crippen LogP contribution in [0.15, 0.2) is 48.5 Å². The molecule has 0 aliphatic heterocycles. The molecule has 0 saturated heterocycles. The Morgan fingerprint density at radius 2 is 1.61 bits per heavy atom. The average Bonchev–Trinajstić information content (AvgIpc) is 2.60. The molecular formula is C19H20O4. The average molecular weight is 312 g/mol. The maximum absolute atomic E-state index is 12.3. The molecular weight excluding hydrogens is 292 g/mol. The van der Waals surface area contributed by atoms with Crippen LogP contribution in [0.25, 0.3) is 0 Å². The summed E-state index contributed by atoms with van der Waals surface area (Å²) in [6, 6.07) is 13.8. The molecule has 4 nitrogen and oxygen atoms in total. The highest BCUT2D eigenvalue weighted by Gasteiger charge is 2.14. The number of esters is 2. The second kappa shape index (κ2) is 8.13. The molecule has 0 N–H and O–H groups in total. The molecule has 0 aliphatic rings. The predicted octanol–water partition coefficient (Wildman–Crippen LogP) is 4.04. The number of carbonyl (C=O) groups is 2. The summed E-state index contributed by atoms with van der Waals surface area (Å²) >= 11 is 0. The summed E-state index contributed by atoms with van der Waals surface area (Å²) in [5.41, 5.74) is 1.62. The fourth-order valence-corrected chi connectivity index (χ4v) is 2.11. The maximum atomic E-state index is 12.3. The van der Waals surface area contributed by atoms with Gasteiger partial charge in [0.25, 0.3) is 0 Å². The van der Waals surface area contributed by atoms with Crippen molar-refractivity contribution >= 4 is 11.9 Å². The van der Waals surface area contributed by atoms with Gasteiger partial charge in [-0.3, -0.25) is 0 Å². The van der Waals surface area contributed by atoms with Crippen molar-refractivity contribution in [1.29, 1.82) is 0 Å². The van der Waals surface area contributed by atoms with Gasteiger partial charge < -0.3 is 9.47 Å². The molecule has 23 heavy (non-hydrogen) atoms. The topological polar surface area (TPSA) is 52.6 Å². The van der Waals surface area contributed by atoms with Crippen molar-refractivity contribution in [3.63, 3.8) is 0 Å². The quantitative estimate of drug-likeness (QED) is 0.597. The fourth-order valence-electron chi connectivity index (χ4n) is 2.11. The SMILES string of the molecule is CCCOC(=O)c1cccc(C(=O)Oc2ccccc2CC)c1. The smallest absolute Gasteiger partial charge is 0.343 e. The van der Waals surface area contributed by atoms with Crippen molar-refractivity contribution in [3.8, 4) is 5.75 Å². The largest absolute Gasteiger partial charge is 0.462 e. The maximum Gasteiger partial charge on any atom is 0.343 e. The highest BCUT2D eigenvalue weighted by atomic mass is 16.5. The molecule has 0 atom stereocenters. The highest BCUT2D eigenvalue weighted by molar-refractivity contribution is 5.96. The van der Waals surface area contributed by atoms with E-state index in [1.807, 2.05) is 32.0 Å². The van der Waals surface area contributed by atoms with E-state index in [-0.39, 0.29) is 0 Å². The Kier molecular flexibility index (Phi) is 5.92. The van der Waals surface area contributed by atoms with E-state index in [0.29, 0.717) is 23.5 Å². The standard InChI is InChI=1S/C19H20O4/c1-3-12-22-18(20)15-9-7-10-16(13-15)19(21)23-17-11-6-5-8-14(17)4-2/h5-11,13H,3-4,12H2,1-2H3. The summed E-state index contributed by atoms with van der Waals surface area (Å²) in [4.78, 5) is 24.2. The van der Waals surface area contributed by atoms with Gasteiger partial charge in [-0.1, -0.05) is 38.1 Å². The number of benzene rings is 2. The molecule has 120 valence electrons. The van der Waals surface area contributed by atoms with Crippen molar-refractivity contribution in [3.05, 3.63) is 65.2 Å². The first-order valence-electron chi connectivity index (χ1n) is 7.73. The van der Waals surface area contributed by atoms with E-state index in [1.165, 1.54) is 6.07 Å². The number of aryl methyl sites for hydroxylation is 1. The van der Waals surface area contributed by atoms with Gasteiger partial charge in [0.05, 0.1) is 17.7 Å². The van der Waals surface area contributed by atoms with E-state index < -0.39 is 11.9 Å². The third kappa shape index (κ3) is 4.42. The van der Waals surface area contributed by atoms with Crippen molar-refractivity contribution in [2.75, 3.05) is 6.61 Å². The minimum Gasteiger partial charge on any atom is -0.462 e. The lowest BCUT2D eigenvalue weighted by atomic mass is 10.1. The number of para-hydroxylation sites is 1. The van der Waals surface area contributed by atoms with Gasteiger partial charge >= 0.3 is 11.9 Å². The Morgan fingerprint density at radius 1 is 0.913 bits per heavy atom. The summed E-state index contributed by atoms with van der Waals surface area (Å²) in [5, 5.41) is 0. The van der Waals surface area contributed by atoms with Crippen LogP contribution in [0.4, 0.5) is 0 Å². The summed E-state index contributed by atoms with van der Waals surface area (Å²) in [5.74, 6) is -0.384. The van der Waals surface area contributed by atoms with Crippen LogP contribution >= 0.6 is 0 Å². The molecule has 0 unspecified atom stereocenters. The van der Waals surface area contributed by atoms with Crippen LogP contribution in [0.3, 0.4) is 0 Å². The first-order chi connectivity index (χ1) is 11.2. The Bertz CT molecular complexity index is 691. The lowest BCUT2D eigenvalue weighted by Gasteiger charge is -2.09. The molecule has 2 aromatic carbocycles. The van der Waals surface area contributed by atoms with E-state index in [9.17, 15) is 9.59 Å². The zero-order valence-electron chi connectivity index (χ0n) is 13.4. The van der Waals surface area contributed by atoms with Gasteiger partial charge in [-0.15, -0.1) is 0 Å². The third-order valence-electron chi connectivity index (χ3n) is 3.33. The zero-order chi connectivity index (χ0) is 16.7. The van der Waals surface area contributed by atoms with Crippen LogP contribution in [0, 0.1) is 0 Å². The van der Waals surface area contributed by atoms with Gasteiger partial charge in [0.15, 0.2) is 0 Å². The molecule has 0 amide bonds. The van der Waals surface area contributed by atoms with Crippen LogP contribution < -0.4 is 4.74 Å². The normalized spacial score (nSPS) is 10.2. The van der Waals surface area contributed by atoms with E-state index in [2.05, 4.69) is 0 Å². The van der Waals surface area contributed by atoms with Crippen molar-refractivity contribution in [2.24, 2.45) is 0 Å². The van der Waals surface area contributed by atoms with Crippen LogP contribution in [0.2, 0.25) is 0 Å². The number of carbonyl (C=O) groups excluding carboxylic acids is 2. The van der Waals surface area contributed by atoms with E-state index in [0.717, 1.165) is 18.4 Å². The highest BCUT2D eigenvalue weighted by Crippen LogP contribution is 2.20. The van der Waals surface area contributed by atoms with Crippen LogP contribution in [0.1, 0.15) is 46.5 Å². The Hall–Kier alpha value is -2.62. The number of ether oxygens (including phenoxy) is 2.